The van der Waals surface area contributed by atoms with Crippen molar-refractivity contribution in [3.8, 4) is 0 Å². The molecule has 0 radical (unpaired) electrons. The van der Waals surface area contributed by atoms with Crippen LogP contribution in [0.2, 0.25) is 0 Å². The Labute approximate surface area is 147 Å². The van der Waals surface area contributed by atoms with Gasteiger partial charge in [-0.2, -0.15) is 0 Å². The molecule has 7 heteroatoms. The Morgan fingerprint density at radius 1 is 1.12 bits per heavy atom. The van der Waals surface area contributed by atoms with Gasteiger partial charge in [-0.3, -0.25) is 19.3 Å². The van der Waals surface area contributed by atoms with Crippen molar-refractivity contribution in [2.24, 2.45) is 0 Å². The molecule has 2 aliphatic heterocycles. The second kappa shape index (κ2) is 7.39. The van der Waals surface area contributed by atoms with Crippen LogP contribution in [0.3, 0.4) is 0 Å². The van der Waals surface area contributed by atoms with Gasteiger partial charge in [0.15, 0.2) is 0 Å². The van der Waals surface area contributed by atoms with Crippen LogP contribution in [-0.4, -0.2) is 76.9 Å². The van der Waals surface area contributed by atoms with E-state index in [9.17, 15) is 14.4 Å². The summed E-state index contributed by atoms with van der Waals surface area (Å²) in [6, 6.07) is 3.35. The zero-order chi connectivity index (χ0) is 18.0. The maximum atomic E-state index is 12.6. The average Bonchev–Trinajstić information content (AvgIpc) is 3.03. The van der Waals surface area contributed by atoms with Crippen molar-refractivity contribution in [1.29, 1.82) is 0 Å². The van der Waals surface area contributed by atoms with E-state index in [1.807, 2.05) is 24.9 Å². The van der Waals surface area contributed by atoms with Crippen molar-refractivity contribution in [2.45, 2.75) is 32.4 Å². The number of hydrogen-bond donors (Lipinski definition) is 0. The minimum atomic E-state index is -0.161. The number of likely N-dealkylation sites (N-methyl/N-ethyl adjacent to an activating group) is 1. The van der Waals surface area contributed by atoms with Crippen molar-refractivity contribution in [3.05, 3.63) is 34.2 Å². The Bertz CT molecular complexity index is 707. The molecule has 7 nitrogen and oxygen atoms in total. The predicted molar refractivity (Wildman–Crippen MR) is 94.3 cm³/mol. The Hall–Kier alpha value is -2.15. The molecule has 0 spiro atoms. The summed E-state index contributed by atoms with van der Waals surface area (Å²) in [5.41, 5.74) is 0.726. The molecule has 0 bridgehead atoms. The molecule has 136 valence electrons. The summed E-state index contributed by atoms with van der Waals surface area (Å²) in [6.07, 6.45) is 3.65. The minimum absolute atomic E-state index is 0.00612. The van der Waals surface area contributed by atoms with Gasteiger partial charge < -0.3 is 14.4 Å². The Morgan fingerprint density at radius 3 is 2.40 bits per heavy atom. The molecule has 2 fully saturated rings. The zero-order valence-corrected chi connectivity index (χ0v) is 15.0. The average molecular weight is 346 g/mol. The summed E-state index contributed by atoms with van der Waals surface area (Å²) in [5, 5.41) is 0. The number of hydrogen-bond acceptors (Lipinski definition) is 4. The lowest BCUT2D eigenvalue weighted by molar-refractivity contribution is -0.142. The van der Waals surface area contributed by atoms with Crippen LogP contribution in [-0.2, 0) is 16.1 Å². The first-order valence-corrected chi connectivity index (χ1v) is 8.89. The molecule has 25 heavy (non-hydrogen) atoms. The van der Waals surface area contributed by atoms with E-state index in [0.29, 0.717) is 26.2 Å². The highest BCUT2D eigenvalue weighted by molar-refractivity contribution is 5.83. The van der Waals surface area contributed by atoms with Crippen LogP contribution in [0.1, 0.15) is 18.4 Å². The molecule has 2 amide bonds. The Kier molecular flexibility index (Phi) is 5.22. The zero-order valence-electron chi connectivity index (χ0n) is 15.0. The third-order valence-corrected chi connectivity index (χ3v) is 5.21. The molecule has 2 aliphatic rings. The summed E-state index contributed by atoms with van der Waals surface area (Å²) in [6.45, 7) is 5.07. The number of likely N-dealkylation sites (tertiary alicyclic amines) is 1. The lowest BCUT2D eigenvalue weighted by Gasteiger charge is -2.37. The fourth-order valence-corrected chi connectivity index (χ4v) is 3.59. The number of carbonyl (C=O) groups is 2. The standard InChI is InChI=1S/C18H26N4O3/c1-14-5-7-22(16(23)12-14)13-17(24)20-8-10-21(11-9-20)18(25)15-4-3-6-19(15)2/h5,7,12,15H,3-4,6,8-11,13H2,1-2H3/t15-/m1/s1. The quantitative estimate of drug-likeness (QED) is 0.768. The van der Waals surface area contributed by atoms with Gasteiger partial charge in [-0.15, -0.1) is 0 Å². The number of piperazine rings is 1. The Balaban J connectivity index is 1.54. The first-order chi connectivity index (χ1) is 12.0. The number of aryl methyl sites for hydroxylation is 1. The van der Waals surface area contributed by atoms with Crippen molar-refractivity contribution < 1.29 is 9.59 Å². The largest absolute Gasteiger partial charge is 0.338 e. The molecule has 1 aromatic rings. The Morgan fingerprint density at radius 2 is 1.80 bits per heavy atom. The van der Waals surface area contributed by atoms with Crippen molar-refractivity contribution in [2.75, 3.05) is 39.8 Å². The van der Waals surface area contributed by atoms with Gasteiger partial charge in [-0.1, -0.05) is 0 Å². The molecular formula is C18H26N4O3. The van der Waals surface area contributed by atoms with Crippen LogP contribution in [0.5, 0.6) is 0 Å². The predicted octanol–water partition coefficient (Wildman–Crippen LogP) is -0.0783. The third-order valence-electron chi connectivity index (χ3n) is 5.21. The summed E-state index contributed by atoms with van der Waals surface area (Å²) in [4.78, 5) is 42.7. The van der Waals surface area contributed by atoms with E-state index < -0.39 is 0 Å². The number of nitrogens with zero attached hydrogens (tertiary/aromatic N) is 4. The van der Waals surface area contributed by atoms with E-state index in [1.54, 1.807) is 11.1 Å². The highest BCUT2D eigenvalue weighted by Crippen LogP contribution is 2.18. The topological polar surface area (TPSA) is 65.9 Å². The summed E-state index contributed by atoms with van der Waals surface area (Å²) in [7, 11) is 1.99. The van der Waals surface area contributed by atoms with Crippen molar-refractivity contribution in [1.82, 2.24) is 19.3 Å². The molecule has 0 aliphatic carbocycles. The maximum Gasteiger partial charge on any atom is 0.251 e. The molecule has 1 aromatic heterocycles. The molecule has 0 unspecified atom stereocenters. The van der Waals surface area contributed by atoms with E-state index in [4.69, 9.17) is 0 Å². The van der Waals surface area contributed by atoms with Crippen LogP contribution >= 0.6 is 0 Å². The highest BCUT2D eigenvalue weighted by atomic mass is 16.2. The molecular weight excluding hydrogens is 320 g/mol. The van der Waals surface area contributed by atoms with Gasteiger partial charge in [-0.25, -0.2) is 0 Å². The van der Waals surface area contributed by atoms with Gasteiger partial charge in [0.1, 0.15) is 6.54 Å². The van der Waals surface area contributed by atoms with Gasteiger partial charge in [0, 0.05) is 38.4 Å². The summed E-state index contributed by atoms with van der Waals surface area (Å²) < 4.78 is 1.43. The van der Waals surface area contributed by atoms with Gasteiger partial charge in [0.2, 0.25) is 11.8 Å². The molecule has 0 saturated carbocycles. The third kappa shape index (κ3) is 3.92. The first-order valence-electron chi connectivity index (χ1n) is 8.89. The summed E-state index contributed by atoms with van der Waals surface area (Å²) >= 11 is 0. The molecule has 0 aromatic carbocycles. The first kappa shape index (κ1) is 17.7. The van der Waals surface area contributed by atoms with E-state index in [-0.39, 0.29) is 30.0 Å². The molecule has 2 saturated heterocycles. The molecule has 3 rings (SSSR count). The summed E-state index contributed by atoms with van der Waals surface area (Å²) in [5.74, 6) is 0.109. The normalized spacial score (nSPS) is 21.6. The van der Waals surface area contributed by atoms with Gasteiger partial charge in [0.05, 0.1) is 6.04 Å². The molecule has 3 heterocycles. The minimum Gasteiger partial charge on any atom is -0.338 e. The number of pyridine rings is 1. The number of aromatic nitrogens is 1. The fourth-order valence-electron chi connectivity index (χ4n) is 3.59. The fraction of sp³-hybridized carbons (Fsp3) is 0.611. The smallest absolute Gasteiger partial charge is 0.251 e. The maximum absolute atomic E-state index is 12.6. The molecule has 0 N–H and O–H groups in total. The number of amides is 2. The number of carbonyl (C=O) groups excluding carboxylic acids is 2. The SMILES string of the molecule is Cc1ccn(CC(=O)N2CCN(C(=O)[C@H]3CCCN3C)CC2)c(=O)c1. The van der Waals surface area contributed by atoms with Gasteiger partial charge >= 0.3 is 0 Å². The van der Waals surface area contributed by atoms with E-state index in [0.717, 1.165) is 24.9 Å². The highest BCUT2D eigenvalue weighted by Gasteiger charge is 2.33. The number of rotatable bonds is 3. The van der Waals surface area contributed by atoms with Crippen LogP contribution in [0.15, 0.2) is 23.1 Å². The van der Waals surface area contributed by atoms with E-state index in [1.165, 1.54) is 10.6 Å². The van der Waals surface area contributed by atoms with E-state index in [2.05, 4.69) is 4.90 Å². The van der Waals surface area contributed by atoms with Gasteiger partial charge in [-0.05, 0) is 45.0 Å². The molecule has 1 atom stereocenters. The van der Waals surface area contributed by atoms with Crippen LogP contribution in [0, 0.1) is 6.92 Å². The van der Waals surface area contributed by atoms with E-state index >= 15 is 0 Å². The van der Waals surface area contributed by atoms with Crippen LogP contribution < -0.4 is 5.56 Å². The lowest BCUT2D eigenvalue weighted by atomic mass is 10.1. The van der Waals surface area contributed by atoms with Crippen molar-refractivity contribution in [3.63, 3.8) is 0 Å². The second-order valence-corrected chi connectivity index (χ2v) is 7.01. The van der Waals surface area contributed by atoms with Crippen LogP contribution in [0.25, 0.3) is 0 Å². The van der Waals surface area contributed by atoms with Crippen molar-refractivity contribution >= 4 is 11.8 Å². The second-order valence-electron chi connectivity index (χ2n) is 7.01. The lowest BCUT2D eigenvalue weighted by Crippen LogP contribution is -2.54. The van der Waals surface area contributed by atoms with Crippen LogP contribution in [0.4, 0.5) is 0 Å². The monoisotopic (exact) mass is 346 g/mol. The van der Waals surface area contributed by atoms with Gasteiger partial charge in [0.25, 0.3) is 5.56 Å².